The topological polar surface area (TPSA) is 80.0 Å². The standard InChI is InChI=1S/C13H20N4OS/c1-7(6-8-2-3-8)15-13-10(11(14)17-19-13)12(18)16-9-4-5-9/h7-9,15H,2-6H2,1H3,(H2,14,17)(H,16,18). The molecule has 1 aromatic heterocycles. The Morgan fingerprint density at radius 1 is 1.47 bits per heavy atom. The van der Waals surface area contributed by atoms with Crippen LogP contribution >= 0.6 is 11.5 Å². The molecule has 0 radical (unpaired) electrons. The van der Waals surface area contributed by atoms with Gasteiger partial charge in [0.1, 0.15) is 10.6 Å². The predicted octanol–water partition coefficient (Wildman–Crippen LogP) is 2.22. The summed E-state index contributed by atoms with van der Waals surface area (Å²) in [5, 5.41) is 7.17. The third-order valence-electron chi connectivity index (χ3n) is 3.62. The van der Waals surface area contributed by atoms with Gasteiger partial charge in [0.25, 0.3) is 5.91 Å². The summed E-state index contributed by atoms with van der Waals surface area (Å²) < 4.78 is 4.11. The molecule has 6 heteroatoms. The van der Waals surface area contributed by atoms with Crippen molar-refractivity contribution in [2.75, 3.05) is 11.1 Å². The second-order valence-electron chi connectivity index (χ2n) is 5.74. The predicted molar refractivity (Wildman–Crippen MR) is 77.4 cm³/mol. The van der Waals surface area contributed by atoms with Gasteiger partial charge in [-0.05, 0) is 43.6 Å². The van der Waals surface area contributed by atoms with Crippen LogP contribution in [0.15, 0.2) is 0 Å². The average Bonchev–Trinajstić information content (AvgIpc) is 3.24. The van der Waals surface area contributed by atoms with Gasteiger partial charge in [0.05, 0.1) is 0 Å². The average molecular weight is 280 g/mol. The number of amides is 1. The van der Waals surface area contributed by atoms with Gasteiger partial charge in [-0.3, -0.25) is 4.79 Å². The van der Waals surface area contributed by atoms with Crippen LogP contribution in [0.3, 0.4) is 0 Å². The molecular weight excluding hydrogens is 260 g/mol. The summed E-state index contributed by atoms with van der Waals surface area (Å²) in [6, 6.07) is 0.698. The Labute approximate surface area is 117 Å². The van der Waals surface area contributed by atoms with Gasteiger partial charge in [-0.25, -0.2) is 0 Å². The molecule has 5 nitrogen and oxygen atoms in total. The number of rotatable bonds is 6. The van der Waals surface area contributed by atoms with E-state index in [4.69, 9.17) is 5.73 Å². The molecule has 0 bridgehead atoms. The SMILES string of the molecule is CC(CC1CC1)Nc1snc(N)c1C(=O)NC1CC1. The fourth-order valence-corrected chi connectivity index (χ4v) is 3.07. The van der Waals surface area contributed by atoms with Crippen molar-refractivity contribution in [3.63, 3.8) is 0 Å². The van der Waals surface area contributed by atoms with Crippen LogP contribution in [-0.2, 0) is 0 Å². The van der Waals surface area contributed by atoms with Crippen LogP contribution in [0.2, 0.25) is 0 Å². The van der Waals surface area contributed by atoms with Crippen molar-refractivity contribution in [2.24, 2.45) is 5.92 Å². The Morgan fingerprint density at radius 2 is 2.21 bits per heavy atom. The molecule has 2 fully saturated rings. The molecule has 1 heterocycles. The molecule has 2 aliphatic carbocycles. The second-order valence-corrected chi connectivity index (χ2v) is 6.52. The third kappa shape index (κ3) is 3.18. The number of nitrogen functional groups attached to an aromatic ring is 1. The zero-order chi connectivity index (χ0) is 13.4. The highest BCUT2D eigenvalue weighted by atomic mass is 32.1. The molecule has 19 heavy (non-hydrogen) atoms. The van der Waals surface area contributed by atoms with E-state index in [1.807, 2.05) is 0 Å². The van der Waals surface area contributed by atoms with Gasteiger partial charge in [0.15, 0.2) is 5.82 Å². The molecule has 2 saturated carbocycles. The second kappa shape index (κ2) is 5.00. The molecule has 1 atom stereocenters. The van der Waals surface area contributed by atoms with Gasteiger partial charge < -0.3 is 16.4 Å². The van der Waals surface area contributed by atoms with Crippen molar-refractivity contribution >= 4 is 28.3 Å². The van der Waals surface area contributed by atoms with Gasteiger partial charge >= 0.3 is 0 Å². The summed E-state index contributed by atoms with van der Waals surface area (Å²) in [6.45, 7) is 2.15. The zero-order valence-corrected chi connectivity index (χ0v) is 11.9. The maximum absolute atomic E-state index is 12.1. The fraction of sp³-hybridized carbons (Fsp3) is 0.692. The molecule has 1 aromatic rings. The number of carbonyl (C=O) groups is 1. The molecule has 104 valence electrons. The van der Waals surface area contributed by atoms with Crippen LogP contribution in [0.1, 0.15) is 49.4 Å². The van der Waals surface area contributed by atoms with Crippen LogP contribution in [0.5, 0.6) is 0 Å². The summed E-state index contributed by atoms with van der Waals surface area (Å²) in [5.74, 6) is 1.11. The van der Waals surface area contributed by atoms with Crippen LogP contribution in [0.4, 0.5) is 10.8 Å². The highest BCUT2D eigenvalue weighted by molar-refractivity contribution is 7.11. The molecule has 0 spiro atoms. The maximum atomic E-state index is 12.1. The third-order valence-corrected chi connectivity index (χ3v) is 4.41. The lowest BCUT2D eigenvalue weighted by Gasteiger charge is -2.14. The highest BCUT2D eigenvalue weighted by Crippen LogP contribution is 2.35. The molecule has 0 aromatic carbocycles. The van der Waals surface area contributed by atoms with Crippen LogP contribution in [-0.4, -0.2) is 22.4 Å². The van der Waals surface area contributed by atoms with E-state index in [1.54, 1.807) is 0 Å². The quantitative estimate of drug-likeness (QED) is 0.746. The lowest BCUT2D eigenvalue weighted by molar-refractivity contribution is 0.0953. The van der Waals surface area contributed by atoms with Crippen molar-refractivity contribution in [3.05, 3.63) is 5.56 Å². The van der Waals surface area contributed by atoms with Crippen molar-refractivity contribution in [1.82, 2.24) is 9.69 Å². The largest absolute Gasteiger partial charge is 0.382 e. The van der Waals surface area contributed by atoms with Crippen molar-refractivity contribution in [2.45, 2.75) is 51.1 Å². The number of anilines is 2. The van der Waals surface area contributed by atoms with Gasteiger partial charge in [-0.1, -0.05) is 12.8 Å². The first kappa shape index (κ1) is 12.7. The molecule has 0 saturated heterocycles. The summed E-state index contributed by atoms with van der Waals surface area (Å²) in [7, 11) is 0. The minimum absolute atomic E-state index is 0.0881. The number of nitrogens with zero attached hydrogens (tertiary/aromatic N) is 1. The van der Waals surface area contributed by atoms with Crippen LogP contribution in [0, 0.1) is 5.92 Å². The lowest BCUT2D eigenvalue weighted by atomic mass is 10.1. The molecule has 2 aliphatic rings. The molecule has 0 aliphatic heterocycles. The Hall–Kier alpha value is -1.30. The van der Waals surface area contributed by atoms with Gasteiger partial charge in [-0.2, -0.15) is 4.37 Å². The van der Waals surface area contributed by atoms with E-state index in [1.165, 1.54) is 24.4 Å². The number of aromatic nitrogens is 1. The zero-order valence-electron chi connectivity index (χ0n) is 11.1. The monoisotopic (exact) mass is 280 g/mol. The van der Waals surface area contributed by atoms with Crippen molar-refractivity contribution in [1.29, 1.82) is 0 Å². The molecule has 1 amide bonds. The Balaban J connectivity index is 1.67. The van der Waals surface area contributed by atoms with Crippen molar-refractivity contribution in [3.8, 4) is 0 Å². The maximum Gasteiger partial charge on any atom is 0.258 e. The summed E-state index contributed by atoms with van der Waals surface area (Å²) in [4.78, 5) is 12.1. The molecule has 3 rings (SSSR count). The number of carbonyl (C=O) groups excluding carboxylic acids is 1. The van der Waals surface area contributed by atoms with Crippen LogP contribution in [0.25, 0.3) is 0 Å². The first-order valence-corrected chi connectivity index (χ1v) is 7.73. The molecular formula is C13H20N4OS. The minimum atomic E-state index is -0.0881. The van der Waals surface area contributed by atoms with E-state index in [-0.39, 0.29) is 5.91 Å². The minimum Gasteiger partial charge on any atom is -0.382 e. The van der Waals surface area contributed by atoms with E-state index < -0.39 is 0 Å². The first-order valence-electron chi connectivity index (χ1n) is 6.96. The number of nitrogens with two attached hydrogens (primary N) is 1. The normalized spacial score (nSPS) is 20.1. The lowest BCUT2D eigenvalue weighted by Crippen LogP contribution is -2.27. The van der Waals surface area contributed by atoms with Gasteiger partial charge in [0, 0.05) is 12.1 Å². The summed E-state index contributed by atoms with van der Waals surface area (Å²) in [5.41, 5.74) is 6.35. The van der Waals surface area contributed by atoms with E-state index in [0.717, 1.165) is 30.2 Å². The first-order chi connectivity index (χ1) is 9.13. The summed E-state index contributed by atoms with van der Waals surface area (Å²) in [6.07, 6.45) is 5.98. The molecule has 4 N–H and O–H groups in total. The van der Waals surface area contributed by atoms with Crippen molar-refractivity contribution < 1.29 is 4.79 Å². The van der Waals surface area contributed by atoms with Crippen LogP contribution < -0.4 is 16.4 Å². The number of nitrogens with one attached hydrogen (secondary N) is 2. The van der Waals surface area contributed by atoms with E-state index in [2.05, 4.69) is 21.9 Å². The van der Waals surface area contributed by atoms with Gasteiger partial charge in [-0.15, -0.1) is 0 Å². The van der Waals surface area contributed by atoms with Gasteiger partial charge in [0.2, 0.25) is 0 Å². The summed E-state index contributed by atoms with van der Waals surface area (Å²) >= 11 is 1.28. The van der Waals surface area contributed by atoms with E-state index in [9.17, 15) is 4.79 Å². The Bertz CT molecular complexity index is 479. The smallest absolute Gasteiger partial charge is 0.258 e. The highest BCUT2D eigenvalue weighted by Gasteiger charge is 2.29. The Morgan fingerprint density at radius 3 is 2.84 bits per heavy atom. The number of hydrogen-bond donors (Lipinski definition) is 3. The Kier molecular flexibility index (Phi) is 3.35. The molecule has 1 unspecified atom stereocenters. The van der Waals surface area contributed by atoms with E-state index >= 15 is 0 Å². The fourth-order valence-electron chi connectivity index (χ4n) is 2.24. The number of hydrogen-bond acceptors (Lipinski definition) is 5. The van der Waals surface area contributed by atoms with E-state index in [0.29, 0.717) is 23.5 Å².